The van der Waals surface area contributed by atoms with Crippen LogP contribution in [0.4, 0.5) is 0 Å². The maximum Gasteiger partial charge on any atom is 0.321 e. The highest BCUT2D eigenvalue weighted by atomic mass is 32.2. The summed E-state index contributed by atoms with van der Waals surface area (Å²) >= 11 is 1.39. The van der Waals surface area contributed by atoms with E-state index in [0.717, 1.165) is 81.9 Å². The van der Waals surface area contributed by atoms with E-state index in [1.54, 1.807) is 0 Å². The minimum atomic E-state index is -1.16. The number of hydrogen-bond acceptors (Lipinski definition) is 12. The molecular weight excluding hydrogens is 761 g/mol. The van der Waals surface area contributed by atoms with Crippen molar-refractivity contribution in [3.05, 3.63) is 23.8 Å². The lowest BCUT2D eigenvalue weighted by molar-refractivity contribution is -0.403. The summed E-state index contributed by atoms with van der Waals surface area (Å²) in [5.74, 6) is -3.43. The van der Waals surface area contributed by atoms with Crippen LogP contribution in [0.25, 0.3) is 0 Å². The van der Waals surface area contributed by atoms with Crippen LogP contribution in [-0.2, 0) is 28.5 Å². The van der Waals surface area contributed by atoms with Gasteiger partial charge in [0.05, 0.1) is 31.0 Å². The molecule has 0 aromatic carbocycles. The predicted molar refractivity (Wildman–Crippen MR) is 221 cm³/mol. The van der Waals surface area contributed by atoms with Gasteiger partial charge < -0.3 is 49.8 Å². The molecule has 0 amide bonds. The largest absolute Gasteiger partial charge is 0.480 e. The monoisotopic (exact) mass is 830 g/mol. The summed E-state index contributed by atoms with van der Waals surface area (Å²) in [6, 6.07) is -1.03. The van der Waals surface area contributed by atoms with Gasteiger partial charge in [0.1, 0.15) is 17.7 Å². The molecule has 0 aromatic rings. The van der Waals surface area contributed by atoms with Crippen LogP contribution in [-0.4, -0.2) is 116 Å². The van der Waals surface area contributed by atoms with Gasteiger partial charge >= 0.3 is 5.97 Å². The molecule has 8 rings (SSSR count). The summed E-state index contributed by atoms with van der Waals surface area (Å²) in [4.78, 5) is 17.2. The van der Waals surface area contributed by atoms with E-state index in [-0.39, 0.29) is 47.1 Å². The van der Waals surface area contributed by atoms with Crippen LogP contribution in [0.5, 0.6) is 0 Å². The summed E-state index contributed by atoms with van der Waals surface area (Å²) in [6.45, 7) is 13.7. The molecule has 4 spiro atoms. The number of nitrogens with zero attached hydrogens (tertiary/aromatic N) is 1. The SMILES string of the molecule is C=C1CCCC2=NCC(C)C(C)CC23CCC(C(CO)SCC(N)C(=O)O)=CC3C2OC3(CC4CCCC5(CCC6(OC(CCC6(C)O)C1)O5)O4)CC(C)C(O)C2O3. The average molecular weight is 831 g/mol. The van der Waals surface area contributed by atoms with Crippen molar-refractivity contribution in [2.45, 2.75) is 195 Å². The number of carboxylic acid groups (broad SMARTS) is 1. The zero-order chi connectivity index (χ0) is 41.3. The molecule has 0 saturated carbocycles. The molecule has 6 N–H and O–H groups in total. The molecule has 7 bridgehead atoms. The van der Waals surface area contributed by atoms with Gasteiger partial charge in [0, 0.05) is 66.7 Å². The van der Waals surface area contributed by atoms with Crippen LogP contribution in [0.3, 0.4) is 0 Å². The Kier molecular flexibility index (Phi) is 12.2. The zero-order valence-electron chi connectivity index (χ0n) is 35.2. The molecule has 16 unspecified atom stereocenters. The summed E-state index contributed by atoms with van der Waals surface area (Å²) in [7, 11) is 0. The quantitative estimate of drug-likeness (QED) is 0.196. The fourth-order valence-electron chi connectivity index (χ4n) is 12.2. The minimum absolute atomic E-state index is 0.0821. The van der Waals surface area contributed by atoms with Gasteiger partial charge in [-0.1, -0.05) is 44.6 Å². The normalized spacial score (nSPS) is 48.1. The number of carbonyl (C=O) groups is 1. The molecule has 0 radical (unpaired) electrons. The van der Waals surface area contributed by atoms with Crippen molar-refractivity contribution >= 4 is 23.4 Å². The first-order valence-electron chi connectivity index (χ1n) is 22.4. The van der Waals surface area contributed by atoms with Crippen molar-refractivity contribution in [2.24, 2.45) is 39.8 Å². The van der Waals surface area contributed by atoms with Gasteiger partial charge in [-0.3, -0.25) is 9.79 Å². The van der Waals surface area contributed by atoms with Crippen molar-refractivity contribution in [1.29, 1.82) is 0 Å². The number of ether oxygens (including phenoxy) is 5. The number of aliphatic hydroxyl groups excluding tert-OH is 2. The Hall–Kier alpha value is -1.39. The van der Waals surface area contributed by atoms with Crippen molar-refractivity contribution in [3.8, 4) is 0 Å². The summed E-state index contributed by atoms with van der Waals surface area (Å²) < 4.78 is 35.3. The molecule has 7 aliphatic heterocycles. The van der Waals surface area contributed by atoms with E-state index in [9.17, 15) is 25.2 Å². The van der Waals surface area contributed by atoms with E-state index in [1.165, 1.54) is 17.5 Å². The summed E-state index contributed by atoms with van der Waals surface area (Å²) in [5.41, 5.74) is 7.80. The molecule has 7 heterocycles. The smallest absolute Gasteiger partial charge is 0.321 e. The van der Waals surface area contributed by atoms with Crippen molar-refractivity contribution in [3.63, 3.8) is 0 Å². The average Bonchev–Trinajstić information content (AvgIpc) is 3.65. The Morgan fingerprint density at radius 3 is 2.50 bits per heavy atom. The molecule has 13 heteroatoms. The molecule has 12 nitrogen and oxygen atoms in total. The summed E-state index contributed by atoms with van der Waals surface area (Å²) in [5, 5.41) is 43.8. The maximum atomic E-state index is 12.0. The van der Waals surface area contributed by atoms with E-state index in [0.29, 0.717) is 50.4 Å². The van der Waals surface area contributed by atoms with E-state index >= 15 is 0 Å². The van der Waals surface area contributed by atoms with Gasteiger partial charge in [-0.25, -0.2) is 0 Å². The molecule has 8 aliphatic rings. The van der Waals surface area contributed by atoms with Gasteiger partial charge in [0.2, 0.25) is 5.79 Å². The fraction of sp³-hybridized carbons (Fsp3) is 0.867. The highest BCUT2D eigenvalue weighted by molar-refractivity contribution is 8.00. The van der Waals surface area contributed by atoms with Crippen LogP contribution in [0, 0.1) is 29.1 Å². The van der Waals surface area contributed by atoms with Crippen LogP contribution >= 0.6 is 11.8 Å². The molecule has 1 aliphatic carbocycles. The topological polar surface area (TPSA) is 183 Å². The molecular formula is C45H70N2O10S. The van der Waals surface area contributed by atoms with Crippen LogP contribution in [0.1, 0.15) is 130 Å². The van der Waals surface area contributed by atoms with Crippen molar-refractivity contribution in [2.75, 3.05) is 18.9 Å². The Morgan fingerprint density at radius 1 is 0.931 bits per heavy atom. The number of nitrogens with two attached hydrogens (primary N) is 1. The van der Waals surface area contributed by atoms with E-state index in [4.69, 9.17) is 34.4 Å². The molecule has 58 heavy (non-hydrogen) atoms. The lowest BCUT2D eigenvalue weighted by atomic mass is 9.57. The highest BCUT2D eigenvalue weighted by Gasteiger charge is 2.66. The second-order valence-electron chi connectivity index (χ2n) is 20.0. The second-order valence-corrected chi connectivity index (χ2v) is 21.3. The summed E-state index contributed by atoms with van der Waals surface area (Å²) in [6.07, 6.45) is 11.7. The number of aliphatic carboxylic acids is 1. The lowest BCUT2D eigenvalue weighted by Crippen LogP contribution is -2.60. The molecule has 326 valence electrons. The van der Waals surface area contributed by atoms with Crippen molar-refractivity contribution < 1.29 is 48.9 Å². The first-order valence-corrected chi connectivity index (χ1v) is 23.5. The van der Waals surface area contributed by atoms with Gasteiger partial charge in [0.25, 0.3) is 0 Å². The molecule has 16 atom stereocenters. The first kappa shape index (κ1) is 43.3. The lowest BCUT2D eigenvalue weighted by Gasteiger charge is -2.50. The Labute approximate surface area is 349 Å². The number of thioether (sulfide) groups is 1. The first-order chi connectivity index (χ1) is 27.5. The zero-order valence-corrected chi connectivity index (χ0v) is 36.1. The number of rotatable bonds is 6. The van der Waals surface area contributed by atoms with Gasteiger partial charge in [0.15, 0.2) is 11.6 Å². The van der Waals surface area contributed by atoms with E-state index in [1.807, 2.05) is 6.92 Å². The fourth-order valence-corrected chi connectivity index (χ4v) is 13.3. The highest BCUT2D eigenvalue weighted by Crippen LogP contribution is 2.59. The molecule has 0 aromatic heterocycles. The van der Waals surface area contributed by atoms with E-state index in [2.05, 4.69) is 33.4 Å². The third kappa shape index (κ3) is 7.94. The Bertz CT molecular complexity index is 1620. The maximum absolute atomic E-state index is 12.0. The minimum Gasteiger partial charge on any atom is -0.480 e. The van der Waals surface area contributed by atoms with Crippen LogP contribution in [0.2, 0.25) is 0 Å². The van der Waals surface area contributed by atoms with Crippen molar-refractivity contribution in [1.82, 2.24) is 0 Å². The van der Waals surface area contributed by atoms with Gasteiger partial charge in [-0.2, -0.15) is 0 Å². The van der Waals surface area contributed by atoms with Gasteiger partial charge in [-0.05, 0) is 95.3 Å². The number of aliphatic imine (C=N–C) groups is 1. The van der Waals surface area contributed by atoms with E-state index < -0.39 is 53.3 Å². The Morgan fingerprint density at radius 2 is 1.72 bits per heavy atom. The predicted octanol–water partition coefficient (Wildman–Crippen LogP) is 6.04. The standard InChI is InChI=1S/C45H70N2O10S/c1-26-8-6-10-36-42(20-27(2)29(4)23-47-36)15-11-30(35(24-48)58-25-34(46)40(50)51)19-33(42)38-39-37(49)28(3)21-44(55-38,56-39)22-32-9-7-13-43(53-32)16-17-45(57-43)41(5,52)14-12-31(18-26)54-45/h19,27-29,31-35,37-39,48-49,52H,1,6-18,20-25,46H2,2-5H3,(H,50,51). The third-order valence-electron chi connectivity index (χ3n) is 15.8. The number of hydrogen-bond donors (Lipinski definition) is 5. The van der Waals surface area contributed by atoms with Gasteiger partial charge in [-0.15, -0.1) is 11.8 Å². The third-order valence-corrected chi connectivity index (χ3v) is 17.2. The van der Waals surface area contributed by atoms with Crippen LogP contribution < -0.4 is 5.73 Å². The number of carboxylic acids is 1. The molecule has 6 fully saturated rings. The Balaban J connectivity index is 1.20. The number of fused-ring (bicyclic) bond motifs is 6. The number of aliphatic hydroxyl groups is 3. The second kappa shape index (κ2) is 16.4. The molecule has 6 saturated heterocycles. The van der Waals surface area contributed by atoms with Crippen LogP contribution in [0.15, 0.2) is 28.8 Å².